The predicted molar refractivity (Wildman–Crippen MR) is 123 cm³/mol. The first kappa shape index (κ1) is 28.7. The molecule has 0 aliphatic rings. The van der Waals surface area contributed by atoms with E-state index in [2.05, 4.69) is 42.2 Å². The van der Waals surface area contributed by atoms with Crippen LogP contribution in [0, 0.1) is 30.1 Å². The van der Waals surface area contributed by atoms with Gasteiger partial charge in [-0.05, 0) is 11.1 Å². The molecule has 184 valence electrons. The summed E-state index contributed by atoms with van der Waals surface area (Å²) in [6, 6.07) is 0. The molecule has 1 aromatic rings. The van der Waals surface area contributed by atoms with Crippen LogP contribution < -0.4 is 0 Å². The topological polar surface area (TPSA) is 179 Å². The number of aliphatic hydroxyl groups excluding tert-OH is 1. The third-order valence-corrected chi connectivity index (χ3v) is 4.57. The highest BCUT2D eigenvalue weighted by atomic mass is 16.5. The Hall–Kier alpha value is -3.32. The highest BCUT2D eigenvalue weighted by Gasteiger charge is 2.31. The van der Waals surface area contributed by atoms with Gasteiger partial charge in [-0.15, -0.1) is 17.9 Å². The average Bonchev–Trinajstić information content (AvgIpc) is 3.30. The summed E-state index contributed by atoms with van der Waals surface area (Å²) < 4.78 is 18.2. The molecule has 0 atom stereocenters. The molecule has 0 amide bonds. The van der Waals surface area contributed by atoms with Crippen LogP contribution in [0.15, 0.2) is 16.4 Å². The standard InChI is InChI=1S/C20H30N10O4/c1-3-11-32-16-20(15-31,17-33-12-4-2)18-34-14-19-13-30(28-25-19)10-9-29(7-5-23-26-21)8-6-24-27-22/h1-2,13,31H,5-12,14-18H2. The Bertz CT molecular complexity index is 839. The Morgan fingerprint density at radius 2 is 1.62 bits per heavy atom. The predicted octanol–water partition coefficient (Wildman–Crippen LogP) is 0.996. The van der Waals surface area contributed by atoms with Crippen LogP contribution in [0.25, 0.3) is 20.9 Å². The number of terminal acetylenes is 2. The van der Waals surface area contributed by atoms with Crippen LogP contribution in [0.2, 0.25) is 0 Å². The largest absolute Gasteiger partial charge is 0.396 e. The number of azide groups is 2. The van der Waals surface area contributed by atoms with Crippen molar-refractivity contribution >= 4 is 0 Å². The minimum absolute atomic E-state index is 0.105. The Morgan fingerprint density at radius 3 is 2.15 bits per heavy atom. The minimum atomic E-state index is -0.817. The number of hydrogen-bond donors (Lipinski definition) is 1. The molecule has 1 heterocycles. The van der Waals surface area contributed by atoms with Crippen LogP contribution >= 0.6 is 0 Å². The summed E-state index contributed by atoms with van der Waals surface area (Å²) in [7, 11) is 0. The van der Waals surface area contributed by atoms with Gasteiger partial charge in [-0.1, -0.05) is 27.3 Å². The first-order valence-electron chi connectivity index (χ1n) is 10.5. The van der Waals surface area contributed by atoms with Gasteiger partial charge < -0.3 is 24.2 Å². The summed E-state index contributed by atoms with van der Waals surface area (Å²) in [5, 5.41) is 25.2. The number of aliphatic hydroxyl groups is 1. The number of rotatable bonds is 20. The molecule has 34 heavy (non-hydrogen) atoms. The third-order valence-electron chi connectivity index (χ3n) is 4.57. The molecule has 1 rings (SSSR count). The molecule has 0 saturated heterocycles. The van der Waals surface area contributed by atoms with E-state index >= 15 is 0 Å². The van der Waals surface area contributed by atoms with Gasteiger partial charge in [-0.2, -0.15) is 0 Å². The first-order valence-corrected chi connectivity index (χ1v) is 10.5. The lowest BCUT2D eigenvalue weighted by molar-refractivity contribution is -0.0884. The normalized spacial score (nSPS) is 10.8. The van der Waals surface area contributed by atoms with Crippen molar-refractivity contribution in [2.45, 2.75) is 13.2 Å². The lowest BCUT2D eigenvalue weighted by atomic mass is 9.92. The zero-order chi connectivity index (χ0) is 24.9. The quantitative estimate of drug-likeness (QED) is 0.0961. The van der Waals surface area contributed by atoms with Crippen molar-refractivity contribution in [3.05, 3.63) is 32.8 Å². The summed E-state index contributed by atoms with van der Waals surface area (Å²) in [4.78, 5) is 7.49. The van der Waals surface area contributed by atoms with Crippen molar-refractivity contribution in [3.63, 3.8) is 0 Å². The van der Waals surface area contributed by atoms with Gasteiger partial charge in [0.1, 0.15) is 18.9 Å². The van der Waals surface area contributed by atoms with Gasteiger partial charge >= 0.3 is 0 Å². The Morgan fingerprint density at radius 1 is 1.03 bits per heavy atom. The van der Waals surface area contributed by atoms with E-state index in [0.29, 0.717) is 45.0 Å². The molecule has 0 radical (unpaired) electrons. The van der Waals surface area contributed by atoms with E-state index in [0.717, 1.165) is 0 Å². The molecule has 14 nitrogen and oxygen atoms in total. The van der Waals surface area contributed by atoms with Gasteiger partial charge in [0.25, 0.3) is 0 Å². The second kappa shape index (κ2) is 18.1. The molecule has 0 unspecified atom stereocenters. The maximum absolute atomic E-state index is 9.92. The second-order valence-corrected chi connectivity index (χ2v) is 7.27. The Kier molecular flexibility index (Phi) is 15.3. The number of hydrogen-bond acceptors (Lipinski definition) is 9. The molecule has 0 saturated carbocycles. The smallest absolute Gasteiger partial charge is 0.108 e. The van der Waals surface area contributed by atoms with Crippen LogP contribution in [0.4, 0.5) is 0 Å². The van der Waals surface area contributed by atoms with Crippen LogP contribution in [0.5, 0.6) is 0 Å². The minimum Gasteiger partial charge on any atom is -0.396 e. The van der Waals surface area contributed by atoms with E-state index in [1.54, 1.807) is 10.9 Å². The zero-order valence-corrected chi connectivity index (χ0v) is 19.1. The van der Waals surface area contributed by atoms with E-state index in [1.807, 2.05) is 4.90 Å². The van der Waals surface area contributed by atoms with E-state index in [4.69, 9.17) is 38.1 Å². The summed E-state index contributed by atoms with van der Waals surface area (Å²) in [6.45, 7) is 3.37. The van der Waals surface area contributed by atoms with Crippen molar-refractivity contribution in [2.24, 2.45) is 15.6 Å². The van der Waals surface area contributed by atoms with Gasteiger partial charge in [0.15, 0.2) is 0 Å². The molecule has 14 heteroatoms. The average molecular weight is 475 g/mol. The second-order valence-electron chi connectivity index (χ2n) is 7.27. The molecule has 1 aromatic heterocycles. The molecule has 0 spiro atoms. The van der Waals surface area contributed by atoms with E-state index in [-0.39, 0.29) is 46.2 Å². The Labute approximate surface area is 198 Å². The van der Waals surface area contributed by atoms with Crippen LogP contribution in [0.1, 0.15) is 5.69 Å². The highest BCUT2D eigenvalue weighted by molar-refractivity contribution is 4.91. The number of ether oxygens (including phenoxy) is 3. The monoisotopic (exact) mass is 474 g/mol. The zero-order valence-electron chi connectivity index (χ0n) is 19.1. The van der Waals surface area contributed by atoms with Crippen molar-refractivity contribution in [2.75, 3.05) is 72.4 Å². The van der Waals surface area contributed by atoms with Gasteiger partial charge in [0, 0.05) is 42.5 Å². The lowest BCUT2D eigenvalue weighted by Gasteiger charge is -2.30. The van der Waals surface area contributed by atoms with Crippen molar-refractivity contribution < 1.29 is 19.3 Å². The summed E-state index contributed by atoms with van der Waals surface area (Å²) >= 11 is 0. The summed E-state index contributed by atoms with van der Waals surface area (Å²) in [5.41, 5.74) is 16.7. The van der Waals surface area contributed by atoms with E-state index in [9.17, 15) is 5.11 Å². The van der Waals surface area contributed by atoms with Crippen LogP contribution in [0.3, 0.4) is 0 Å². The van der Waals surface area contributed by atoms with Crippen LogP contribution in [-0.2, 0) is 27.4 Å². The fourth-order valence-corrected chi connectivity index (χ4v) is 2.84. The highest BCUT2D eigenvalue weighted by Crippen LogP contribution is 2.19. The lowest BCUT2D eigenvalue weighted by Crippen LogP contribution is -2.41. The molecule has 0 aromatic carbocycles. The van der Waals surface area contributed by atoms with Gasteiger partial charge in [0.05, 0.1) is 51.2 Å². The van der Waals surface area contributed by atoms with E-state index < -0.39 is 5.41 Å². The van der Waals surface area contributed by atoms with Crippen molar-refractivity contribution in [1.29, 1.82) is 0 Å². The molecule has 0 bridgehead atoms. The maximum Gasteiger partial charge on any atom is 0.108 e. The third kappa shape index (κ3) is 12.1. The number of aromatic nitrogens is 3. The molecule has 0 fully saturated rings. The van der Waals surface area contributed by atoms with Gasteiger partial charge in [0.2, 0.25) is 0 Å². The summed E-state index contributed by atoms with van der Waals surface area (Å²) in [6.07, 6.45) is 12.2. The summed E-state index contributed by atoms with van der Waals surface area (Å²) in [5.74, 6) is 4.76. The molecule has 0 aliphatic heterocycles. The molecular formula is C20H30N10O4. The van der Waals surface area contributed by atoms with Crippen molar-refractivity contribution in [1.82, 2.24) is 19.9 Å². The van der Waals surface area contributed by atoms with Crippen LogP contribution in [-0.4, -0.2) is 97.4 Å². The first-order chi connectivity index (χ1) is 16.6. The fourth-order valence-electron chi connectivity index (χ4n) is 2.84. The molecule has 0 aliphatic carbocycles. The fraction of sp³-hybridized carbons (Fsp3) is 0.700. The Balaban J connectivity index is 2.59. The van der Waals surface area contributed by atoms with Crippen molar-refractivity contribution in [3.8, 4) is 24.7 Å². The molecule has 1 N–H and O–H groups in total. The van der Waals surface area contributed by atoms with E-state index in [1.165, 1.54) is 0 Å². The SMILES string of the molecule is C#CCOCC(CO)(COCC#C)COCc1cn(CCN(CCN=[N+]=[N-])CCN=[N+]=[N-])nn1. The van der Waals surface area contributed by atoms with Gasteiger partial charge in [-0.3, -0.25) is 4.68 Å². The maximum atomic E-state index is 9.92. The number of nitrogens with zero attached hydrogens (tertiary/aromatic N) is 10. The van der Waals surface area contributed by atoms with Gasteiger partial charge in [-0.25, -0.2) is 0 Å². The molecular weight excluding hydrogens is 444 g/mol.